The molecule has 0 aliphatic carbocycles. The van der Waals surface area contributed by atoms with Crippen LogP contribution in [0.3, 0.4) is 0 Å². The second-order valence-corrected chi connectivity index (χ2v) is 5.08. The molecular weight excluding hydrogens is 280 g/mol. The van der Waals surface area contributed by atoms with Crippen LogP contribution in [0.4, 0.5) is 11.4 Å². The summed E-state index contributed by atoms with van der Waals surface area (Å²) in [6.45, 7) is 4.19. The molecule has 2 aromatic carbocycles. The maximum absolute atomic E-state index is 11.9. The molecule has 5 nitrogen and oxygen atoms in total. The van der Waals surface area contributed by atoms with E-state index in [1.54, 1.807) is 12.1 Å². The topological polar surface area (TPSA) is 78.4 Å². The molecule has 1 amide bonds. The fourth-order valence-electron chi connectivity index (χ4n) is 1.94. The first-order valence-electron chi connectivity index (χ1n) is 6.90. The van der Waals surface area contributed by atoms with Crippen LogP contribution in [0.25, 0.3) is 0 Å². The molecule has 0 bridgehead atoms. The Labute approximate surface area is 129 Å². The van der Waals surface area contributed by atoms with Crippen LogP contribution in [0.1, 0.15) is 21.5 Å². The molecule has 0 aliphatic heterocycles. The molecule has 2 rings (SSSR count). The summed E-state index contributed by atoms with van der Waals surface area (Å²) in [6.07, 6.45) is 0. The molecule has 3 N–H and O–H groups in total. The molecule has 0 unspecified atom stereocenters. The van der Waals surface area contributed by atoms with Gasteiger partial charge in [-0.2, -0.15) is 0 Å². The monoisotopic (exact) mass is 298 g/mol. The van der Waals surface area contributed by atoms with E-state index in [2.05, 4.69) is 10.6 Å². The van der Waals surface area contributed by atoms with Gasteiger partial charge in [0.05, 0.1) is 12.1 Å². The highest BCUT2D eigenvalue weighted by Crippen LogP contribution is 2.14. The van der Waals surface area contributed by atoms with Gasteiger partial charge in [-0.1, -0.05) is 6.07 Å². The Morgan fingerprint density at radius 1 is 0.955 bits per heavy atom. The summed E-state index contributed by atoms with van der Waals surface area (Å²) in [4.78, 5) is 22.6. The van der Waals surface area contributed by atoms with Crippen LogP contribution in [0, 0.1) is 13.8 Å². The summed E-state index contributed by atoms with van der Waals surface area (Å²) in [6, 6.07) is 12.0. The average Bonchev–Trinajstić information content (AvgIpc) is 2.49. The number of hydrogen-bond acceptors (Lipinski definition) is 3. The predicted molar refractivity (Wildman–Crippen MR) is 86.4 cm³/mol. The summed E-state index contributed by atoms with van der Waals surface area (Å²) in [5.74, 6) is -1.18. The SMILES string of the molecule is Cc1ccc(NCC(=O)Nc2ccc(C(=O)O)cc2)cc1C. The van der Waals surface area contributed by atoms with Gasteiger partial charge in [0.1, 0.15) is 0 Å². The van der Waals surface area contributed by atoms with Gasteiger partial charge in [-0.3, -0.25) is 4.79 Å². The lowest BCUT2D eigenvalue weighted by molar-refractivity contribution is -0.114. The molecule has 0 atom stereocenters. The smallest absolute Gasteiger partial charge is 0.335 e. The number of anilines is 2. The van der Waals surface area contributed by atoms with Crippen LogP contribution in [0.2, 0.25) is 0 Å². The highest BCUT2D eigenvalue weighted by Gasteiger charge is 2.05. The van der Waals surface area contributed by atoms with Crippen molar-refractivity contribution in [3.63, 3.8) is 0 Å². The fourth-order valence-corrected chi connectivity index (χ4v) is 1.94. The van der Waals surface area contributed by atoms with Crippen LogP contribution < -0.4 is 10.6 Å². The van der Waals surface area contributed by atoms with Crippen molar-refractivity contribution in [3.05, 3.63) is 59.2 Å². The van der Waals surface area contributed by atoms with Crippen molar-refractivity contribution in [1.29, 1.82) is 0 Å². The fraction of sp³-hybridized carbons (Fsp3) is 0.176. The molecule has 0 radical (unpaired) electrons. The number of rotatable bonds is 5. The van der Waals surface area contributed by atoms with Crippen LogP contribution in [-0.4, -0.2) is 23.5 Å². The van der Waals surface area contributed by atoms with E-state index in [0.717, 1.165) is 11.3 Å². The number of carbonyl (C=O) groups is 2. The second-order valence-electron chi connectivity index (χ2n) is 5.08. The third-order valence-electron chi connectivity index (χ3n) is 3.38. The second kappa shape index (κ2) is 6.76. The minimum atomic E-state index is -0.991. The van der Waals surface area contributed by atoms with E-state index >= 15 is 0 Å². The first kappa shape index (κ1) is 15.6. The van der Waals surface area contributed by atoms with Gasteiger partial charge in [-0.05, 0) is 61.4 Å². The highest BCUT2D eigenvalue weighted by molar-refractivity contribution is 5.94. The Balaban J connectivity index is 1.89. The molecule has 0 aromatic heterocycles. The van der Waals surface area contributed by atoms with E-state index in [4.69, 9.17) is 5.11 Å². The molecule has 114 valence electrons. The van der Waals surface area contributed by atoms with Crippen molar-refractivity contribution in [2.24, 2.45) is 0 Å². The number of carbonyl (C=O) groups excluding carboxylic acids is 1. The molecule has 2 aromatic rings. The zero-order valence-electron chi connectivity index (χ0n) is 12.5. The number of amides is 1. The summed E-state index contributed by atoms with van der Waals surface area (Å²) >= 11 is 0. The van der Waals surface area contributed by atoms with Crippen LogP contribution in [0.15, 0.2) is 42.5 Å². The number of hydrogen-bond donors (Lipinski definition) is 3. The van der Waals surface area contributed by atoms with E-state index in [-0.39, 0.29) is 18.0 Å². The standard InChI is InChI=1S/C17H18N2O3/c1-11-3-6-15(9-12(11)2)18-10-16(20)19-14-7-4-13(5-8-14)17(21)22/h3-9,18H,10H2,1-2H3,(H,19,20)(H,21,22). The van der Waals surface area contributed by atoms with E-state index in [0.29, 0.717) is 5.69 Å². The first-order chi connectivity index (χ1) is 10.5. The predicted octanol–water partition coefficient (Wildman–Crippen LogP) is 3.05. The number of benzene rings is 2. The number of aryl methyl sites for hydroxylation is 2. The van der Waals surface area contributed by atoms with Crippen LogP contribution in [-0.2, 0) is 4.79 Å². The van der Waals surface area contributed by atoms with Gasteiger partial charge in [0.15, 0.2) is 0 Å². The van der Waals surface area contributed by atoms with Gasteiger partial charge in [0.25, 0.3) is 0 Å². The average molecular weight is 298 g/mol. The molecule has 0 fully saturated rings. The van der Waals surface area contributed by atoms with Gasteiger partial charge >= 0.3 is 5.97 Å². The van der Waals surface area contributed by atoms with Gasteiger partial charge in [0, 0.05) is 11.4 Å². The molecular formula is C17H18N2O3. The molecule has 0 saturated carbocycles. The number of aromatic carboxylic acids is 1. The normalized spacial score (nSPS) is 10.1. The van der Waals surface area contributed by atoms with Crippen molar-refractivity contribution in [2.75, 3.05) is 17.2 Å². The van der Waals surface area contributed by atoms with E-state index in [9.17, 15) is 9.59 Å². The van der Waals surface area contributed by atoms with Gasteiger partial charge < -0.3 is 15.7 Å². The Morgan fingerprint density at radius 3 is 2.18 bits per heavy atom. The molecule has 0 heterocycles. The van der Waals surface area contributed by atoms with Crippen molar-refractivity contribution in [2.45, 2.75) is 13.8 Å². The zero-order chi connectivity index (χ0) is 16.1. The maximum atomic E-state index is 11.9. The van der Waals surface area contributed by atoms with E-state index < -0.39 is 5.97 Å². The summed E-state index contributed by atoms with van der Waals surface area (Å²) in [5, 5.41) is 14.6. The Morgan fingerprint density at radius 2 is 1.59 bits per heavy atom. The third kappa shape index (κ3) is 4.09. The summed E-state index contributed by atoms with van der Waals surface area (Å²) in [5.41, 5.74) is 4.01. The zero-order valence-corrected chi connectivity index (χ0v) is 12.5. The molecule has 0 saturated heterocycles. The molecule has 5 heteroatoms. The Kier molecular flexibility index (Phi) is 4.78. The minimum Gasteiger partial charge on any atom is -0.478 e. The summed E-state index contributed by atoms with van der Waals surface area (Å²) < 4.78 is 0. The van der Waals surface area contributed by atoms with Crippen molar-refractivity contribution in [3.8, 4) is 0 Å². The maximum Gasteiger partial charge on any atom is 0.335 e. The number of carboxylic acid groups (broad SMARTS) is 1. The van der Waals surface area contributed by atoms with Crippen molar-refractivity contribution < 1.29 is 14.7 Å². The van der Waals surface area contributed by atoms with Gasteiger partial charge in [0.2, 0.25) is 5.91 Å². The van der Waals surface area contributed by atoms with Gasteiger partial charge in [-0.25, -0.2) is 4.79 Å². The third-order valence-corrected chi connectivity index (χ3v) is 3.38. The minimum absolute atomic E-state index is 0.142. The quantitative estimate of drug-likeness (QED) is 0.792. The first-order valence-corrected chi connectivity index (χ1v) is 6.90. The van der Waals surface area contributed by atoms with Crippen LogP contribution in [0.5, 0.6) is 0 Å². The molecule has 22 heavy (non-hydrogen) atoms. The van der Waals surface area contributed by atoms with Crippen molar-refractivity contribution in [1.82, 2.24) is 0 Å². The van der Waals surface area contributed by atoms with Crippen molar-refractivity contribution >= 4 is 23.3 Å². The molecule has 0 aliphatic rings. The lowest BCUT2D eigenvalue weighted by Gasteiger charge is -2.09. The number of nitrogens with one attached hydrogen (secondary N) is 2. The van der Waals surface area contributed by atoms with E-state index in [1.165, 1.54) is 17.7 Å². The lowest BCUT2D eigenvalue weighted by atomic mass is 10.1. The largest absolute Gasteiger partial charge is 0.478 e. The molecule has 0 spiro atoms. The number of carboxylic acids is 1. The Bertz CT molecular complexity index is 694. The van der Waals surface area contributed by atoms with Crippen LogP contribution >= 0.6 is 0 Å². The van der Waals surface area contributed by atoms with E-state index in [1.807, 2.05) is 32.0 Å². The van der Waals surface area contributed by atoms with Gasteiger partial charge in [-0.15, -0.1) is 0 Å². The highest BCUT2D eigenvalue weighted by atomic mass is 16.4. The lowest BCUT2D eigenvalue weighted by Crippen LogP contribution is -2.21. The summed E-state index contributed by atoms with van der Waals surface area (Å²) in [7, 11) is 0. The Hall–Kier alpha value is -2.82.